The molecule has 448 valence electrons. The van der Waals surface area contributed by atoms with E-state index in [1.165, 1.54) is 0 Å². The maximum Gasteiger partial charge on any atom is 0.120 e. The first kappa shape index (κ1) is 56.9. The van der Waals surface area contributed by atoms with E-state index in [4.69, 9.17) is 42.9 Å². The number of hydrogen-bond acceptors (Lipinski definition) is 9. The van der Waals surface area contributed by atoms with Crippen LogP contribution in [0.25, 0.3) is 33.3 Å². The van der Waals surface area contributed by atoms with Gasteiger partial charge in [0.1, 0.15) is 56.8 Å². The highest BCUT2D eigenvalue weighted by atomic mass is 16.5. The van der Waals surface area contributed by atoms with Gasteiger partial charge in [-0.1, -0.05) is 91.0 Å². The molecule has 14 rings (SSSR count). The summed E-state index contributed by atoms with van der Waals surface area (Å²) in [4.78, 5) is 14.7. The van der Waals surface area contributed by atoms with E-state index in [-0.39, 0.29) is 11.8 Å². The molecule has 0 fully saturated rings. The van der Waals surface area contributed by atoms with Crippen LogP contribution in [0.2, 0.25) is 0 Å². The van der Waals surface area contributed by atoms with E-state index in [2.05, 4.69) is 172 Å². The molecule has 2 atom stereocenters. The van der Waals surface area contributed by atoms with Crippen LogP contribution in [0.1, 0.15) is 91.5 Å². The number of H-pyrrole nitrogens is 2. The number of ether oxygens (including phenoxy) is 8. The fourth-order valence-corrected chi connectivity index (χ4v) is 14.2. The van der Waals surface area contributed by atoms with E-state index in [1.807, 2.05) is 72.8 Å². The van der Waals surface area contributed by atoms with Crippen LogP contribution in [-0.4, -0.2) is 76.4 Å². The smallest absolute Gasteiger partial charge is 0.120 e. The van der Waals surface area contributed by atoms with E-state index < -0.39 is 10.8 Å². The van der Waals surface area contributed by atoms with E-state index in [9.17, 15) is 0 Å². The lowest BCUT2D eigenvalue weighted by molar-refractivity contribution is 0.414. The van der Waals surface area contributed by atoms with Gasteiger partial charge >= 0.3 is 0 Å². The molecule has 2 N–H and O–H groups in total. The Morgan fingerprint density at radius 3 is 1.13 bits per heavy atom. The second-order valence-electron chi connectivity index (χ2n) is 22.7. The van der Waals surface area contributed by atoms with Crippen LogP contribution in [0, 0.1) is 0 Å². The zero-order valence-electron chi connectivity index (χ0n) is 51.5. The molecule has 4 aromatic heterocycles. The molecular weight excluding hydrogens is 1120 g/mol. The number of hydrogen-bond donors (Lipinski definition) is 2. The Balaban J connectivity index is 1.20. The molecule has 6 heterocycles. The summed E-state index contributed by atoms with van der Waals surface area (Å²) in [5, 5.41) is 1.06. The summed E-state index contributed by atoms with van der Waals surface area (Å²) < 4.78 is 49.9. The van der Waals surface area contributed by atoms with Crippen molar-refractivity contribution in [3.05, 3.63) is 304 Å². The summed E-state index contributed by atoms with van der Waals surface area (Å²) in [6, 6.07) is 81.0. The molecule has 0 saturated carbocycles. The number of benzene rings is 8. The predicted octanol–water partition coefficient (Wildman–Crippen LogP) is 16.2. The molecule has 0 unspecified atom stereocenters. The SMILES string of the molecule is COc1ccc(C(=C2[C@H]3C[C@H](c4ccc([nH]4)C(c4ccc(OC)cc4)(c4ccc(OC)cc4)c4cccc(n4)C(c4ccc(OC)cc4)(c4ccc(OC)cc4)c4ccc3[nH]4)c3c(-c4ccc(OC)cc4)c4ccc(OC)cc4n32)c2ccc(OC)cc2)cc1. The van der Waals surface area contributed by atoms with E-state index in [1.54, 1.807) is 56.9 Å². The third kappa shape index (κ3) is 9.23. The number of methoxy groups -OCH3 is 8. The Labute approximate surface area is 523 Å². The average molecular weight is 1190 g/mol. The Morgan fingerprint density at radius 2 is 0.744 bits per heavy atom. The molecule has 12 heteroatoms. The van der Waals surface area contributed by atoms with Crippen LogP contribution in [0.4, 0.5) is 0 Å². The van der Waals surface area contributed by atoms with E-state index in [0.717, 1.165) is 153 Å². The first-order valence-corrected chi connectivity index (χ1v) is 30.0. The fourth-order valence-electron chi connectivity index (χ4n) is 14.2. The van der Waals surface area contributed by atoms with Gasteiger partial charge in [0.25, 0.3) is 0 Å². The molecular formula is C78H68N4O8. The van der Waals surface area contributed by atoms with Crippen molar-refractivity contribution >= 4 is 22.2 Å². The molecule has 90 heavy (non-hydrogen) atoms. The van der Waals surface area contributed by atoms with Gasteiger partial charge in [0.05, 0.1) is 73.8 Å². The third-order valence-electron chi connectivity index (χ3n) is 18.6. The number of nitrogens with zero attached hydrogens (tertiary/aromatic N) is 2. The van der Waals surface area contributed by atoms with Gasteiger partial charge < -0.3 is 52.4 Å². The monoisotopic (exact) mass is 1190 g/mol. The highest BCUT2D eigenvalue weighted by molar-refractivity contribution is 6.06. The number of allylic oxidation sites excluding steroid dienone is 1. The summed E-state index contributed by atoms with van der Waals surface area (Å²) in [7, 11) is 13.7. The molecule has 2 aliphatic heterocycles. The Hall–Kier alpha value is -10.9. The third-order valence-corrected chi connectivity index (χ3v) is 18.6. The summed E-state index contributed by atoms with van der Waals surface area (Å²) in [6.07, 6.45) is 0.612. The van der Waals surface area contributed by atoms with Crippen molar-refractivity contribution < 1.29 is 37.9 Å². The van der Waals surface area contributed by atoms with Crippen LogP contribution in [0.15, 0.2) is 231 Å². The summed E-state index contributed by atoms with van der Waals surface area (Å²) in [6.45, 7) is 0. The lowest BCUT2D eigenvalue weighted by Crippen LogP contribution is -2.36. The normalized spacial score (nSPS) is 15.2. The van der Waals surface area contributed by atoms with Crippen LogP contribution < -0.4 is 37.9 Å². The number of nitrogens with one attached hydrogen (secondary N) is 2. The van der Waals surface area contributed by atoms with Crippen LogP contribution in [0.3, 0.4) is 0 Å². The summed E-state index contributed by atoms with van der Waals surface area (Å²) >= 11 is 0. The van der Waals surface area contributed by atoms with Crippen molar-refractivity contribution in [1.29, 1.82) is 0 Å². The summed E-state index contributed by atoms with van der Waals surface area (Å²) in [5.41, 5.74) is 15.4. The lowest BCUT2D eigenvalue weighted by Gasteiger charge is -2.39. The van der Waals surface area contributed by atoms with Gasteiger partial charge in [0, 0.05) is 68.6 Å². The molecule has 12 aromatic rings. The van der Waals surface area contributed by atoms with E-state index >= 15 is 0 Å². The molecule has 8 aromatic carbocycles. The highest BCUT2D eigenvalue weighted by Crippen LogP contribution is 2.58. The second-order valence-corrected chi connectivity index (χ2v) is 22.7. The topological polar surface area (TPSA) is 123 Å². The second kappa shape index (κ2) is 23.3. The van der Waals surface area contributed by atoms with Gasteiger partial charge in [0.15, 0.2) is 0 Å². The largest absolute Gasteiger partial charge is 0.497 e. The van der Waals surface area contributed by atoms with Crippen molar-refractivity contribution in [2.75, 3.05) is 56.9 Å². The molecule has 0 radical (unpaired) electrons. The molecule has 0 amide bonds. The number of fused-ring (bicyclic) bond motifs is 14. The van der Waals surface area contributed by atoms with Crippen LogP contribution in [-0.2, 0) is 10.8 Å². The Morgan fingerprint density at radius 1 is 0.389 bits per heavy atom. The van der Waals surface area contributed by atoms with Gasteiger partial charge in [-0.3, -0.25) is 4.98 Å². The quantitative estimate of drug-likeness (QED) is 0.103. The lowest BCUT2D eigenvalue weighted by atomic mass is 9.67. The zero-order valence-corrected chi connectivity index (χ0v) is 51.5. The minimum atomic E-state index is -1.11. The van der Waals surface area contributed by atoms with Crippen molar-refractivity contribution in [1.82, 2.24) is 19.5 Å². The minimum absolute atomic E-state index is 0.290. The van der Waals surface area contributed by atoms with Crippen LogP contribution in [0.5, 0.6) is 46.0 Å². The first-order valence-electron chi connectivity index (χ1n) is 30.0. The first-order chi connectivity index (χ1) is 44.2. The van der Waals surface area contributed by atoms with Gasteiger partial charge in [-0.25, -0.2) is 0 Å². The maximum atomic E-state index is 6.22. The number of pyridine rings is 1. The molecule has 2 aliphatic rings. The molecule has 0 saturated heterocycles. The van der Waals surface area contributed by atoms with Gasteiger partial charge in [-0.2, -0.15) is 0 Å². The highest BCUT2D eigenvalue weighted by Gasteiger charge is 2.48. The standard InChI is InChI=1S/C78H68N4O8/c1-83-55-26-12-48(13-27-55)73(49-14-28-56(84-2)29-15-49)75-64-47-65(76-74(50-16-30-57(85-3)31-17-50)63-41-40-62(90-8)46-68(63)82(75)76)67-43-45-72(80-67)78(53-22-36-60(88-6)37-23-53,54-24-38-61(89-7)39-25-54)70-11-9-10-69(81-70)77(71-44-42-66(64)79-71,51-18-32-58(86-4)33-19-51)52-20-34-59(87-5)35-21-52/h9-46,64-65,79-80H,47H2,1-8H3/t64-,65+/m0/s1. The maximum absolute atomic E-state index is 6.22. The predicted molar refractivity (Wildman–Crippen MR) is 354 cm³/mol. The number of aromatic amines is 2. The zero-order chi connectivity index (χ0) is 61.7. The molecule has 0 aliphatic carbocycles. The minimum Gasteiger partial charge on any atom is -0.497 e. The number of aromatic nitrogens is 4. The van der Waals surface area contributed by atoms with Crippen molar-refractivity contribution in [2.24, 2.45) is 0 Å². The van der Waals surface area contributed by atoms with Crippen molar-refractivity contribution in [3.8, 4) is 57.1 Å². The fraction of sp³-hybridized carbons (Fsp3) is 0.167. The van der Waals surface area contributed by atoms with Crippen molar-refractivity contribution in [3.63, 3.8) is 0 Å². The van der Waals surface area contributed by atoms with Gasteiger partial charge in [-0.15, -0.1) is 0 Å². The Bertz CT molecular complexity index is 4440. The Kier molecular flexibility index (Phi) is 14.8. The molecule has 12 nitrogen and oxygen atoms in total. The summed E-state index contributed by atoms with van der Waals surface area (Å²) in [5.74, 6) is 5.28. The van der Waals surface area contributed by atoms with Crippen LogP contribution >= 0.6 is 0 Å². The molecule has 8 bridgehead atoms. The average Bonchev–Trinajstić information content (AvgIpc) is 1.40. The van der Waals surface area contributed by atoms with Crippen molar-refractivity contribution in [2.45, 2.75) is 29.1 Å². The van der Waals surface area contributed by atoms with Gasteiger partial charge in [-0.05, 0) is 179 Å². The van der Waals surface area contributed by atoms with E-state index in [0.29, 0.717) is 6.42 Å². The van der Waals surface area contributed by atoms with Gasteiger partial charge in [0.2, 0.25) is 0 Å². The number of rotatable bonds is 15. The molecule has 0 spiro atoms.